The van der Waals surface area contributed by atoms with E-state index in [4.69, 9.17) is 0 Å². The molecule has 5 nitrogen and oxygen atoms in total. The van der Waals surface area contributed by atoms with Gasteiger partial charge in [0.05, 0.1) is 6.04 Å². The van der Waals surface area contributed by atoms with Crippen molar-refractivity contribution in [2.75, 3.05) is 33.2 Å². The Morgan fingerprint density at radius 1 is 1.04 bits per heavy atom. The first-order valence-electron chi connectivity index (χ1n) is 9.12. The third kappa shape index (κ3) is 5.94. The smallest absolute Gasteiger partial charge is 0.191 e. The second-order valence-electron chi connectivity index (χ2n) is 5.95. The fraction of sp³-hybridized carbons (Fsp3) is 0.450. The lowest BCUT2D eigenvalue weighted by atomic mass is 10.1. The van der Waals surface area contributed by atoms with E-state index in [0.29, 0.717) is 6.04 Å². The number of rotatable bonds is 9. The SMILES string of the molecule is CCN(CC)C(CNC(=NC)NCCn1cccc1)c1ccccc1. The van der Waals surface area contributed by atoms with Crippen molar-refractivity contribution < 1.29 is 0 Å². The number of nitrogens with one attached hydrogen (secondary N) is 2. The summed E-state index contributed by atoms with van der Waals surface area (Å²) >= 11 is 0. The number of aliphatic imine (C=N–C) groups is 1. The molecule has 0 amide bonds. The Morgan fingerprint density at radius 2 is 1.72 bits per heavy atom. The molecule has 0 aliphatic carbocycles. The molecule has 0 radical (unpaired) electrons. The van der Waals surface area contributed by atoms with Crippen LogP contribution in [0, 0.1) is 0 Å². The van der Waals surface area contributed by atoms with Crippen LogP contribution in [-0.2, 0) is 6.54 Å². The highest BCUT2D eigenvalue weighted by atomic mass is 15.2. The molecule has 1 unspecified atom stereocenters. The minimum absolute atomic E-state index is 0.333. The Bertz CT molecular complexity index is 602. The van der Waals surface area contributed by atoms with Crippen molar-refractivity contribution in [1.82, 2.24) is 20.1 Å². The summed E-state index contributed by atoms with van der Waals surface area (Å²) in [5.74, 6) is 0.847. The third-order valence-electron chi connectivity index (χ3n) is 4.45. The van der Waals surface area contributed by atoms with Crippen molar-refractivity contribution in [3.63, 3.8) is 0 Å². The molecule has 0 spiro atoms. The van der Waals surface area contributed by atoms with Crippen molar-refractivity contribution in [3.05, 3.63) is 60.4 Å². The van der Waals surface area contributed by atoms with Gasteiger partial charge in [-0.2, -0.15) is 0 Å². The lowest BCUT2D eigenvalue weighted by Gasteiger charge is -2.30. The van der Waals surface area contributed by atoms with Crippen LogP contribution in [0.4, 0.5) is 0 Å². The number of hydrogen-bond acceptors (Lipinski definition) is 2. The maximum atomic E-state index is 4.35. The fourth-order valence-electron chi connectivity index (χ4n) is 3.03. The number of guanidine groups is 1. The molecule has 5 heteroatoms. The number of benzene rings is 1. The highest BCUT2D eigenvalue weighted by molar-refractivity contribution is 5.79. The normalized spacial score (nSPS) is 13.0. The minimum Gasteiger partial charge on any atom is -0.355 e. The Balaban J connectivity index is 1.91. The molecular weight excluding hydrogens is 310 g/mol. The van der Waals surface area contributed by atoms with Crippen molar-refractivity contribution in [2.24, 2.45) is 4.99 Å². The van der Waals surface area contributed by atoms with E-state index in [1.54, 1.807) is 0 Å². The second-order valence-corrected chi connectivity index (χ2v) is 5.95. The molecule has 0 bridgehead atoms. The van der Waals surface area contributed by atoms with Gasteiger partial charge in [-0.3, -0.25) is 9.89 Å². The molecule has 1 atom stereocenters. The van der Waals surface area contributed by atoms with Gasteiger partial charge in [0, 0.05) is 39.1 Å². The van der Waals surface area contributed by atoms with Crippen LogP contribution >= 0.6 is 0 Å². The monoisotopic (exact) mass is 341 g/mol. The maximum Gasteiger partial charge on any atom is 0.191 e. The zero-order valence-corrected chi connectivity index (χ0v) is 15.7. The fourth-order valence-corrected chi connectivity index (χ4v) is 3.03. The van der Waals surface area contributed by atoms with Gasteiger partial charge in [-0.1, -0.05) is 44.2 Å². The Hall–Kier alpha value is -2.27. The first kappa shape index (κ1) is 19.1. The van der Waals surface area contributed by atoms with E-state index in [1.807, 2.05) is 19.2 Å². The van der Waals surface area contributed by atoms with Gasteiger partial charge in [0.25, 0.3) is 0 Å². The van der Waals surface area contributed by atoms with Gasteiger partial charge in [0.2, 0.25) is 0 Å². The molecule has 0 saturated heterocycles. The lowest BCUT2D eigenvalue weighted by Crippen LogP contribution is -2.44. The highest BCUT2D eigenvalue weighted by Gasteiger charge is 2.17. The van der Waals surface area contributed by atoms with Crippen molar-refractivity contribution >= 4 is 5.96 Å². The Kier molecular flexibility index (Phi) is 8.05. The van der Waals surface area contributed by atoms with Gasteiger partial charge in [-0.25, -0.2) is 0 Å². The highest BCUT2D eigenvalue weighted by Crippen LogP contribution is 2.19. The molecule has 1 heterocycles. The average molecular weight is 342 g/mol. The third-order valence-corrected chi connectivity index (χ3v) is 4.45. The molecule has 0 aliphatic heterocycles. The molecule has 25 heavy (non-hydrogen) atoms. The average Bonchev–Trinajstić information content (AvgIpc) is 3.17. The van der Waals surface area contributed by atoms with Crippen molar-refractivity contribution in [2.45, 2.75) is 26.4 Å². The van der Waals surface area contributed by atoms with Gasteiger partial charge in [-0.05, 0) is 30.8 Å². The molecule has 136 valence electrons. The van der Waals surface area contributed by atoms with Crippen LogP contribution in [0.1, 0.15) is 25.5 Å². The van der Waals surface area contributed by atoms with E-state index < -0.39 is 0 Å². The summed E-state index contributed by atoms with van der Waals surface area (Å²) in [6, 6.07) is 15.1. The molecule has 0 fully saturated rings. The molecular formula is C20H31N5. The second kappa shape index (κ2) is 10.6. The van der Waals surface area contributed by atoms with E-state index >= 15 is 0 Å². The van der Waals surface area contributed by atoms with Gasteiger partial charge < -0.3 is 15.2 Å². The largest absolute Gasteiger partial charge is 0.355 e. The zero-order chi connectivity index (χ0) is 17.9. The predicted molar refractivity (Wildman–Crippen MR) is 106 cm³/mol. The summed E-state index contributed by atoms with van der Waals surface area (Å²) in [6.45, 7) is 9.07. The van der Waals surface area contributed by atoms with Crippen LogP contribution < -0.4 is 10.6 Å². The van der Waals surface area contributed by atoms with Crippen molar-refractivity contribution in [1.29, 1.82) is 0 Å². The Morgan fingerprint density at radius 3 is 2.32 bits per heavy atom. The van der Waals surface area contributed by atoms with Gasteiger partial charge in [0.15, 0.2) is 5.96 Å². The van der Waals surface area contributed by atoms with E-state index in [0.717, 1.165) is 38.7 Å². The molecule has 2 N–H and O–H groups in total. The Labute approximate surface area is 151 Å². The number of likely N-dealkylation sites (N-methyl/N-ethyl adjacent to an activating group) is 1. The quantitative estimate of drug-likeness (QED) is 0.544. The maximum absolute atomic E-state index is 4.35. The molecule has 1 aromatic carbocycles. The van der Waals surface area contributed by atoms with E-state index in [2.05, 4.69) is 81.7 Å². The van der Waals surface area contributed by atoms with Gasteiger partial charge in [0.1, 0.15) is 0 Å². The minimum atomic E-state index is 0.333. The number of nitrogens with zero attached hydrogens (tertiary/aromatic N) is 3. The van der Waals surface area contributed by atoms with Gasteiger partial charge in [-0.15, -0.1) is 0 Å². The predicted octanol–water partition coefficient (Wildman–Crippen LogP) is 2.74. The molecule has 0 saturated carbocycles. The van der Waals surface area contributed by atoms with Crippen LogP contribution in [0.2, 0.25) is 0 Å². The topological polar surface area (TPSA) is 44.6 Å². The first-order chi connectivity index (χ1) is 12.3. The van der Waals surface area contributed by atoms with Crippen LogP contribution in [0.3, 0.4) is 0 Å². The summed E-state index contributed by atoms with van der Waals surface area (Å²) in [4.78, 5) is 6.82. The van der Waals surface area contributed by atoms with Gasteiger partial charge >= 0.3 is 0 Å². The zero-order valence-electron chi connectivity index (χ0n) is 15.7. The van der Waals surface area contributed by atoms with Crippen LogP contribution in [0.15, 0.2) is 59.9 Å². The van der Waals surface area contributed by atoms with E-state index in [9.17, 15) is 0 Å². The lowest BCUT2D eigenvalue weighted by molar-refractivity contribution is 0.219. The van der Waals surface area contributed by atoms with E-state index in [-0.39, 0.29) is 0 Å². The standard InChI is InChI=1S/C20H31N5/c1-4-25(5-2)19(18-11-7-6-8-12-18)17-23-20(21-3)22-13-16-24-14-9-10-15-24/h6-12,14-15,19H,4-5,13,16-17H2,1-3H3,(H2,21,22,23). The van der Waals surface area contributed by atoms with Crippen LogP contribution in [0.5, 0.6) is 0 Å². The summed E-state index contributed by atoms with van der Waals surface area (Å²) < 4.78 is 2.16. The molecule has 0 aliphatic rings. The summed E-state index contributed by atoms with van der Waals surface area (Å²) in [6.07, 6.45) is 4.15. The summed E-state index contributed by atoms with van der Waals surface area (Å²) in [5.41, 5.74) is 1.33. The summed E-state index contributed by atoms with van der Waals surface area (Å²) in [7, 11) is 1.82. The van der Waals surface area contributed by atoms with E-state index in [1.165, 1.54) is 5.56 Å². The molecule has 1 aromatic heterocycles. The molecule has 2 aromatic rings. The summed E-state index contributed by atoms with van der Waals surface area (Å²) in [5, 5.41) is 6.87. The van der Waals surface area contributed by atoms with Crippen molar-refractivity contribution in [3.8, 4) is 0 Å². The molecule has 2 rings (SSSR count). The van der Waals surface area contributed by atoms with Crippen LogP contribution in [-0.4, -0.2) is 48.7 Å². The number of hydrogen-bond donors (Lipinski definition) is 2. The van der Waals surface area contributed by atoms with Crippen LogP contribution in [0.25, 0.3) is 0 Å². The first-order valence-corrected chi connectivity index (χ1v) is 9.12. The number of aromatic nitrogens is 1.